The van der Waals surface area contributed by atoms with E-state index < -0.39 is 0 Å². The molecule has 19 heavy (non-hydrogen) atoms. The molecule has 1 aromatic rings. The Morgan fingerprint density at radius 2 is 1.89 bits per heavy atom. The van der Waals surface area contributed by atoms with Crippen molar-refractivity contribution >= 4 is 0 Å². The number of likely N-dealkylation sites (tertiary alicyclic amines) is 1. The highest BCUT2D eigenvalue weighted by Gasteiger charge is 2.19. The van der Waals surface area contributed by atoms with Gasteiger partial charge in [-0.1, -0.05) is 26.0 Å². The molecule has 2 rings (SSSR count). The molecule has 0 aromatic heterocycles. The van der Waals surface area contributed by atoms with Gasteiger partial charge in [0.15, 0.2) is 0 Å². The minimum absolute atomic E-state index is 0.579. The molecule has 1 N–H and O–H groups in total. The highest BCUT2D eigenvalue weighted by Crippen LogP contribution is 2.14. The molecular weight excluding hydrogens is 234 g/mol. The first-order valence-corrected chi connectivity index (χ1v) is 7.15. The summed E-state index contributed by atoms with van der Waals surface area (Å²) in [4.78, 5) is 2.50. The minimum Gasteiger partial charge on any atom is -0.312 e. The highest BCUT2D eigenvalue weighted by atomic mass is 15.1. The van der Waals surface area contributed by atoms with Crippen molar-refractivity contribution in [1.29, 1.82) is 5.26 Å². The molecule has 0 bridgehead atoms. The maximum absolute atomic E-state index is 8.78. The van der Waals surface area contributed by atoms with Gasteiger partial charge < -0.3 is 5.32 Å². The molecule has 1 aliphatic heterocycles. The molecule has 3 heteroatoms. The molecule has 1 aliphatic rings. The van der Waals surface area contributed by atoms with Crippen LogP contribution >= 0.6 is 0 Å². The summed E-state index contributed by atoms with van der Waals surface area (Å²) in [7, 11) is 0. The molecule has 1 heterocycles. The number of rotatable bonds is 4. The molecule has 1 fully saturated rings. The number of nitrogens with one attached hydrogen (secondary N) is 1. The fourth-order valence-electron chi connectivity index (χ4n) is 2.67. The standard InChI is InChI=1S/C16H23N3/c1-13(2)18-16-7-9-19(10-8-16)12-15-5-3-14(11-17)4-6-15/h3-6,13,16,18H,7-10,12H2,1-2H3. The fourth-order valence-corrected chi connectivity index (χ4v) is 2.67. The van der Waals surface area contributed by atoms with E-state index in [-0.39, 0.29) is 0 Å². The van der Waals surface area contributed by atoms with Crippen LogP contribution in [0.2, 0.25) is 0 Å². The van der Waals surface area contributed by atoms with Gasteiger partial charge in [-0.05, 0) is 43.6 Å². The lowest BCUT2D eigenvalue weighted by molar-refractivity contribution is 0.186. The Morgan fingerprint density at radius 1 is 1.26 bits per heavy atom. The van der Waals surface area contributed by atoms with E-state index in [1.54, 1.807) is 0 Å². The number of piperidine rings is 1. The zero-order valence-electron chi connectivity index (χ0n) is 11.9. The summed E-state index contributed by atoms with van der Waals surface area (Å²) in [6.07, 6.45) is 2.46. The quantitative estimate of drug-likeness (QED) is 0.901. The van der Waals surface area contributed by atoms with Crippen LogP contribution in [0.5, 0.6) is 0 Å². The van der Waals surface area contributed by atoms with Crippen molar-refractivity contribution < 1.29 is 0 Å². The summed E-state index contributed by atoms with van der Waals surface area (Å²) >= 11 is 0. The Hall–Kier alpha value is -1.37. The van der Waals surface area contributed by atoms with E-state index in [9.17, 15) is 0 Å². The van der Waals surface area contributed by atoms with Crippen molar-refractivity contribution in [3.8, 4) is 6.07 Å². The number of hydrogen-bond acceptors (Lipinski definition) is 3. The summed E-state index contributed by atoms with van der Waals surface area (Å²) in [6.45, 7) is 7.74. The van der Waals surface area contributed by atoms with E-state index in [4.69, 9.17) is 5.26 Å². The lowest BCUT2D eigenvalue weighted by atomic mass is 10.0. The number of nitrogens with zero attached hydrogens (tertiary/aromatic N) is 2. The summed E-state index contributed by atoms with van der Waals surface area (Å²) in [5.74, 6) is 0. The Balaban J connectivity index is 1.80. The van der Waals surface area contributed by atoms with Crippen LogP contribution in [-0.2, 0) is 6.54 Å². The Kier molecular flexibility index (Phi) is 4.95. The fraction of sp³-hybridized carbons (Fsp3) is 0.562. The molecule has 102 valence electrons. The average Bonchev–Trinajstić information content (AvgIpc) is 2.41. The van der Waals surface area contributed by atoms with Crippen LogP contribution < -0.4 is 5.32 Å². The van der Waals surface area contributed by atoms with Gasteiger partial charge in [-0.3, -0.25) is 4.90 Å². The normalized spacial score (nSPS) is 17.6. The van der Waals surface area contributed by atoms with Gasteiger partial charge in [0.2, 0.25) is 0 Å². The van der Waals surface area contributed by atoms with Gasteiger partial charge in [0.05, 0.1) is 11.6 Å². The van der Waals surface area contributed by atoms with E-state index in [0.29, 0.717) is 12.1 Å². The van der Waals surface area contributed by atoms with Crippen LogP contribution in [-0.4, -0.2) is 30.1 Å². The Bertz CT molecular complexity index is 422. The zero-order valence-corrected chi connectivity index (χ0v) is 11.9. The van der Waals surface area contributed by atoms with E-state index in [2.05, 4.69) is 42.3 Å². The molecule has 3 nitrogen and oxygen atoms in total. The second-order valence-corrected chi connectivity index (χ2v) is 5.68. The summed E-state index contributed by atoms with van der Waals surface area (Å²) in [6, 6.07) is 11.4. The number of hydrogen-bond donors (Lipinski definition) is 1. The van der Waals surface area contributed by atoms with Gasteiger partial charge in [0.25, 0.3) is 0 Å². The molecule has 1 aromatic carbocycles. The minimum atomic E-state index is 0.579. The second-order valence-electron chi connectivity index (χ2n) is 5.68. The third kappa shape index (κ3) is 4.34. The highest BCUT2D eigenvalue weighted by molar-refractivity contribution is 5.31. The molecule has 1 saturated heterocycles. The summed E-state index contributed by atoms with van der Waals surface area (Å²) < 4.78 is 0. The zero-order chi connectivity index (χ0) is 13.7. The summed E-state index contributed by atoms with van der Waals surface area (Å²) in [5.41, 5.74) is 2.04. The van der Waals surface area contributed by atoms with Gasteiger partial charge in [0.1, 0.15) is 0 Å². The van der Waals surface area contributed by atoms with Crippen molar-refractivity contribution in [1.82, 2.24) is 10.2 Å². The van der Waals surface area contributed by atoms with Gasteiger partial charge in [-0.2, -0.15) is 5.26 Å². The van der Waals surface area contributed by atoms with Crippen molar-refractivity contribution in [3.05, 3.63) is 35.4 Å². The molecule has 0 unspecified atom stereocenters. The van der Waals surface area contributed by atoms with Crippen LogP contribution in [0.4, 0.5) is 0 Å². The predicted molar refractivity (Wildman–Crippen MR) is 77.7 cm³/mol. The first-order valence-electron chi connectivity index (χ1n) is 7.15. The third-order valence-electron chi connectivity index (χ3n) is 3.65. The van der Waals surface area contributed by atoms with Crippen molar-refractivity contribution in [2.24, 2.45) is 0 Å². The Labute approximate surface area is 116 Å². The maximum Gasteiger partial charge on any atom is 0.0991 e. The third-order valence-corrected chi connectivity index (χ3v) is 3.65. The van der Waals surface area contributed by atoms with Crippen molar-refractivity contribution in [2.75, 3.05) is 13.1 Å². The molecule has 0 amide bonds. The van der Waals surface area contributed by atoms with Gasteiger partial charge >= 0.3 is 0 Å². The second kappa shape index (κ2) is 6.70. The molecular formula is C16H23N3. The monoisotopic (exact) mass is 257 g/mol. The average molecular weight is 257 g/mol. The van der Waals surface area contributed by atoms with Gasteiger partial charge in [-0.15, -0.1) is 0 Å². The molecule has 0 atom stereocenters. The molecule has 0 spiro atoms. The van der Waals surface area contributed by atoms with E-state index >= 15 is 0 Å². The van der Waals surface area contributed by atoms with Crippen LogP contribution in [0, 0.1) is 11.3 Å². The largest absolute Gasteiger partial charge is 0.312 e. The van der Waals surface area contributed by atoms with E-state index in [1.807, 2.05) is 12.1 Å². The topological polar surface area (TPSA) is 39.1 Å². The molecule has 0 saturated carbocycles. The smallest absolute Gasteiger partial charge is 0.0991 e. The van der Waals surface area contributed by atoms with E-state index in [0.717, 1.165) is 25.2 Å². The van der Waals surface area contributed by atoms with Crippen molar-refractivity contribution in [2.45, 2.75) is 45.3 Å². The lowest BCUT2D eigenvalue weighted by Gasteiger charge is -2.33. The molecule has 0 aliphatic carbocycles. The predicted octanol–water partition coefficient (Wildman–Crippen LogP) is 2.52. The maximum atomic E-state index is 8.78. The lowest BCUT2D eigenvalue weighted by Crippen LogP contribution is -2.44. The van der Waals surface area contributed by atoms with Crippen LogP contribution in [0.15, 0.2) is 24.3 Å². The first-order chi connectivity index (χ1) is 9.17. The van der Waals surface area contributed by atoms with E-state index in [1.165, 1.54) is 18.4 Å². The van der Waals surface area contributed by atoms with Crippen LogP contribution in [0.25, 0.3) is 0 Å². The molecule has 0 radical (unpaired) electrons. The van der Waals surface area contributed by atoms with Gasteiger partial charge in [0, 0.05) is 18.6 Å². The number of nitriles is 1. The van der Waals surface area contributed by atoms with Crippen LogP contribution in [0.1, 0.15) is 37.8 Å². The SMILES string of the molecule is CC(C)NC1CCN(Cc2ccc(C#N)cc2)CC1. The van der Waals surface area contributed by atoms with Crippen LogP contribution in [0.3, 0.4) is 0 Å². The Morgan fingerprint density at radius 3 is 2.42 bits per heavy atom. The van der Waals surface area contributed by atoms with Gasteiger partial charge in [-0.25, -0.2) is 0 Å². The first kappa shape index (κ1) is 14.0. The van der Waals surface area contributed by atoms with Crippen molar-refractivity contribution in [3.63, 3.8) is 0 Å². The summed E-state index contributed by atoms with van der Waals surface area (Å²) in [5, 5.41) is 12.4. The number of benzene rings is 1.